The van der Waals surface area contributed by atoms with Gasteiger partial charge in [0, 0.05) is 12.2 Å². The van der Waals surface area contributed by atoms with Crippen LogP contribution in [-0.2, 0) is 0 Å². The molecule has 1 aliphatic carbocycles. The second kappa shape index (κ2) is 8.60. The second-order valence-electron chi connectivity index (χ2n) is 8.27. The van der Waals surface area contributed by atoms with Gasteiger partial charge in [0.15, 0.2) is 5.82 Å². The molecule has 7 nitrogen and oxygen atoms in total. The first-order valence-electron chi connectivity index (χ1n) is 10.5. The number of amides is 1. The van der Waals surface area contributed by atoms with E-state index in [1.807, 2.05) is 6.92 Å². The van der Waals surface area contributed by atoms with Crippen molar-refractivity contribution in [2.24, 2.45) is 5.92 Å². The zero-order valence-corrected chi connectivity index (χ0v) is 17.7. The van der Waals surface area contributed by atoms with Gasteiger partial charge in [-0.2, -0.15) is 15.0 Å². The molecule has 0 saturated heterocycles. The van der Waals surface area contributed by atoms with Crippen LogP contribution in [0.3, 0.4) is 0 Å². The van der Waals surface area contributed by atoms with Gasteiger partial charge < -0.3 is 10.4 Å². The van der Waals surface area contributed by atoms with Gasteiger partial charge in [-0.1, -0.05) is 13.0 Å². The summed E-state index contributed by atoms with van der Waals surface area (Å²) in [6.45, 7) is 4.13. The third kappa shape index (κ3) is 4.29. The summed E-state index contributed by atoms with van der Waals surface area (Å²) in [5.41, 5.74) is 3.26. The summed E-state index contributed by atoms with van der Waals surface area (Å²) >= 11 is 0. The number of aromatic hydroxyl groups is 1. The Labute approximate surface area is 181 Å². The molecule has 2 aromatic heterocycles. The van der Waals surface area contributed by atoms with Crippen molar-refractivity contribution in [2.45, 2.75) is 45.6 Å². The van der Waals surface area contributed by atoms with Crippen LogP contribution in [0.25, 0.3) is 16.9 Å². The van der Waals surface area contributed by atoms with Crippen molar-refractivity contribution in [3.05, 3.63) is 59.4 Å². The van der Waals surface area contributed by atoms with Crippen LogP contribution in [0.15, 0.2) is 42.7 Å². The second-order valence-corrected chi connectivity index (χ2v) is 8.27. The fraction of sp³-hybridized carbons (Fsp3) is 0.333. The van der Waals surface area contributed by atoms with Crippen LogP contribution in [-0.4, -0.2) is 31.8 Å². The molecule has 2 heterocycles. The molecule has 0 radical (unpaired) electrons. The lowest BCUT2D eigenvalue weighted by atomic mass is 9.87. The van der Waals surface area contributed by atoms with Gasteiger partial charge in [0.2, 0.25) is 5.88 Å². The van der Waals surface area contributed by atoms with Gasteiger partial charge >= 0.3 is 0 Å². The maximum atomic E-state index is 12.5. The summed E-state index contributed by atoms with van der Waals surface area (Å²) < 4.78 is 1.33. The van der Waals surface area contributed by atoms with Crippen molar-refractivity contribution >= 4 is 5.91 Å². The van der Waals surface area contributed by atoms with Crippen molar-refractivity contribution in [2.75, 3.05) is 0 Å². The number of nitriles is 1. The summed E-state index contributed by atoms with van der Waals surface area (Å²) in [5, 5.41) is 27.1. The Balaban J connectivity index is 1.51. The maximum absolute atomic E-state index is 12.5. The molecule has 2 N–H and O–H groups in total. The number of nitrogens with one attached hydrogen (secondary N) is 1. The number of carbonyl (C=O) groups excluding carboxylic acids is 1. The normalized spacial score (nSPS) is 18.4. The van der Waals surface area contributed by atoms with Gasteiger partial charge in [-0.25, -0.2) is 4.98 Å². The zero-order valence-electron chi connectivity index (χ0n) is 17.7. The van der Waals surface area contributed by atoms with Crippen LogP contribution in [0.5, 0.6) is 5.88 Å². The van der Waals surface area contributed by atoms with E-state index in [2.05, 4.69) is 28.4 Å². The Kier molecular flexibility index (Phi) is 5.72. The highest BCUT2D eigenvalue weighted by Crippen LogP contribution is 2.33. The standard InChI is InChI=1S/C24H25N5O2/c1-15-3-7-19(8-4-15)28-23(30)18-6-10-22(26-13-18)29-24(31)21(14-27-29)20-9-5-17(12-25)11-16(20)2/h5-6,9-11,13-15,19,31H,3-4,7-8H2,1-2H3,(H,28,30)/t15-,19-. The largest absolute Gasteiger partial charge is 0.493 e. The van der Waals surface area contributed by atoms with Crippen LogP contribution in [0.2, 0.25) is 0 Å². The SMILES string of the molecule is Cc1cc(C#N)ccc1-c1cnn(-c2ccc(C(=O)N[C@H]3CC[C@H](C)CC3)cn2)c1O. The Morgan fingerprint density at radius 3 is 2.58 bits per heavy atom. The van der Waals surface area contributed by atoms with E-state index in [0.29, 0.717) is 22.5 Å². The molecule has 31 heavy (non-hydrogen) atoms. The summed E-state index contributed by atoms with van der Waals surface area (Å²) in [4.78, 5) is 16.9. The molecule has 3 aromatic rings. The predicted molar refractivity (Wildman–Crippen MR) is 117 cm³/mol. The molecule has 158 valence electrons. The van der Waals surface area contributed by atoms with Gasteiger partial charge in [0.1, 0.15) is 0 Å². The highest BCUT2D eigenvalue weighted by atomic mass is 16.3. The molecule has 0 unspecified atom stereocenters. The van der Waals surface area contributed by atoms with Gasteiger partial charge in [-0.05, 0) is 73.9 Å². The van der Waals surface area contributed by atoms with Gasteiger partial charge in [-0.15, -0.1) is 0 Å². The van der Waals surface area contributed by atoms with Gasteiger partial charge in [-0.3, -0.25) is 4.79 Å². The van der Waals surface area contributed by atoms with E-state index in [1.165, 1.54) is 10.9 Å². The highest BCUT2D eigenvalue weighted by molar-refractivity contribution is 5.94. The van der Waals surface area contributed by atoms with Crippen molar-refractivity contribution < 1.29 is 9.90 Å². The maximum Gasteiger partial charge on any atom is 0.253 e. The molecular weight excluding hydrogens is 390 g/mol. The van der Waals surface area contributed by atoms with E-state index >= 15 is 0 Å². The first-order valence-corrected chi connectivity index (χ1v) is 10.5. The molecule has 1 amide bonds. The predicted octanol–water partition coefficient (Wildman–Crippen LogP) is 4.13. The quantitative estimate of drug-likeness (QED) is 0.667. The average Bonchev–Trinajstić information content (AvgIpc) is 3.16. The number of nitrogens with zero attached hydrogens (tertiary/aromatic N) is 4. The van der Waals surface area contributed by atoms with Gasteiger partial charge in [0.05, 0.1) is 29.0 Å². The highest BCUT2D eigenvalue weighted by Gasteiger charge is 2.21. The number of pyridine rings is 1. The minimum Gasteiger partial charge on any atom is -0.493 e. The number of carbonyl (C=O) groups is 1. The molecule has 4 rings (SSSR count). The molecule has 0 bridgehead atoms. The molecule has 0 atom stereocenters. The Hall–Kier alpha value is -3.66. The van der Waals surface area contributed by atoms with E-state index in [-0.39, 0.29) is 17.8 Å². The van der Waals surface area contributed by atoms with Crippen molar-refractivity contribution in [3.8, 4) is 28.9 Å². The number of aryl methyl sites for hydroxylation is 1. The van der Waals surface area contributed by atoms with Gasteiger partial charge in [0.25, 0.3) is 5.91 Å². The Bertz CT molecular complexity index is 1140. The summed E-state index contributed by atoms with van der Waals surface area (Å²) in [7, 11) is 0. The minimum absolute atomic E-state index is 0.0474. The van der Waals surface area contributed by atoms with E-state index in [4.69, 9.17) is 5.26 Å². The topological polar surface area (TPSA) is 104 Å². The Morgan fingerprint density at radius 1 is 1.16 bits per heavy atom. The minimum atomic E-state index is -0.128. The van der Waals surface area contributed by atoms with Crippen LogP contribution in [0.1, 0.15) is 54.1 Å². The van der Waals surface area contributed by atoms with Crippen LogP contribution in [0, 0.1) is 24.2 Å². The smallest absolute Gasteiger partial charge is 0.253 e. The zero-order chi connectivity index (χ0) is 22.0. The monoisotopic (exact) mass is 415 g/mol. The number of hydrogen-bond acceptors (Lipinski definition) is 5. The Morgan fingerprint density at radius 2 is 1.94 bits per heavy atom. The van der Waals surface area contributed by atoms with Crippen LogP contribution in [0.4, 0.5) is 0 Å². The van der Waals surface area contributed by atoms with Crippen molar-refractivity contribution in [1.29, 1.82) is 5.26 Å². The number of rotatable bonds is 4. The van der Waals surface area contributed by atoms with E-state index in [1.54, 1.807) is 36.5 Å². The van der Waals surface area contributed by atoms with Crippen molar-refractivity contribution in [1.82, 2.24) is 20.1 Å². The number of benzene rings is 1. The molecule has 1 aromatic carbocycles. The fourth-order valence-corrected chi connectivity index (χ4v) is 4.05. The molecule has 1 saturated carbocycles. The van der Waals surface area contributed by atoms with E-state index in [9.17, 15) is 9.90 Å². The van der Waals surface area contributed by atoms with Crippen LogP contribution < -0.4 is 5.32 Å². The lowest BCUT2D eigenvalue weighted by Crippen LogP contribution is -2.37. The molecule has 0 aliphatic heterocycles. The number of hydrogen-bond donors (Lipinski definition) is 2. The molecule has 0 spiro atoms. The molecule has 1 aliphatic rings. The summed E-state index contributed by atoms with van der Waals surface area (Å²) in [6.07, 6.45) is 7.37. The van der Waals surface area contributed by atoms with Crippen molar-refractivity contribution in [3.63, 3.8) is 0 Å². The van der Waals surface area contributed by atoms with Crippen LogP contribution >= 0.6 is 0 Å². The van der Waals surface area contributed by atoms with E-state index in [0.717, 1.165) is 42.7 Å². The van der Waals surface area contributed by atoms with E-state index < -0.39 is 0 Å². The number of aromatic nitrogens is 3. The lowest BCUT2D eigenvalue weighted by molar-refractivity contribution is 0.0922. The summed E-state index contributed by atoms with van der Waals surface area (Å²) in [5.74, 6) is 0.970. The first-order chi connectivity index (χ1) is 15.0. The molecule has 7 heteroatoms. The molecule has 1 fully saturated rings. The average molecular weight is 415 g/mol. The fourth-order valence-electron chi connectivity index (χ4n) is 4.05. The first kappa shape index (κ1) is 20.6. The molecular formula is C24H25N5O2. The third-order valence-electron chi connectivity index (χ3n) is 5.97. The summed E-state index contributed by atoms with van der Waals surface area (Å²) in [6, 6.07) is 11.0. The third-order valence-corrected chi connectivity index (χ3v) is 5.97. The lowest BCUT2D eigenvalue weighted by Gasteiger charge is -2.26.